The summed E-state index contributed by atoms with van der Waals surface area (Å²) in [6.45, 7) is 6.86. The summed E-state index contributed by atoms with van der Waals surface area (Å²) in [5.41, 5.74) is 2.96. The standard InChI is InChI=1S/C24H23FN2OS/c1-24(2,3)16-6-10-19-20(13-26)23(29-22(19)12-16)27-14-18-9-11-21(28-18)15-4-7-17(25)8-5-15/h4-5,7-9,11,14,16H,6,10,12H2,1-3H3/t16-/m1/s1. The zero-order valence-corrected chi connectivity index (χ0v) is 17.6. The van der Waals surface area contributed by atoms with E-state index in [0.717, 1.165) is 29.8 Å². The van der Waals surface area contributed by atoms with E-state index >= 15 is 0 Å². The molecule has 0 fully saturated rings. The second-order valence-corrected chi connectivity index (χ2v) is 9.65. The first-order chi connectivity index (χ1) is 13.8. The van der Waals surface area contributed by atoms with Crippen molar-refractivity contribution in [3.8, 4) is 17.4 Å². The van der Waals surface area contributed by atoms with Gasteiger partial charge in [-0.2, -0.15) is 5.26 Å². The van der Waals surface area contributed by atoms with Crippen molar-refractivity contribution < 1.29 is 8.81 Å². The first-order valence-electron chi connectivity index (χ1n) is 9.79. The Kier molecular flexibility index (Phi) is 5.14. The van der Waals surface area contributed by atoms with Crippen LogP contribution >= 0.6 is 11.3 Å². The predicted octanol–water partition coefficient (Wildman–Crippen LogP) is 6.92. The minimum atomic E-state index is -0.276. The lowest BCUT2D eigenvalue weighted by Crippen LogP contribution is -2.26. The van der Waals surface area contributed by atoms with Crippen LogP contribution in [0.25, 0.3) is 11.3 Å². The molecule has 0 radical (unpaired) electrons. The second kappa shape index (κ2) is 7.61. The molecule has 0 saturated heterocycles. The fourth-order valence-corrected chi connectivity index (χ4v) is 5.05. The van der Waals surface area contributed by atoms with E-state index in [1.165, 1.54) is 22.6 Å². The average molecular weight is 407 g/mol. The van der Waals surface area contributed by atoms with E-state index in [1.807, 2.05) is 12.1 Å². The van der Waals surface area contributed by atoms with E-state index < -0.39 is 0 Å². The van der Waals surface area contributed by atoms with Crippen LogP contribution in [-0.2, 0) is 12.8 Å². The van der Waals surface area contributed by atoms with Gasteiger partial charge in [-0.3, -0.25) is 0 Å². The van der Waals surface area contributed by atoms with Crippen molar-refractivity contribution in [3.63, 3.8) is 0 Å². The molecule has 29 heavy (non-hydrogen) atoms. The molecule has 0 N–H and O–H groups in total. The molecule has 1 atom stereocenters. The first-order valence-corrected chi connectivity index (χ1v) is 10.6. The molecule has 2 aromatic heterocycles. The highest BCUT2D eigenvalue weighted by atomic mass is 32.1. The lowest BCUT2D eigenvalue weighted by molar-refractivity contribution is 0.218. The highest BCUT2D eigenvalue weighted by Gasteiger charge is 2.32. The fourth-order valence-electron chi connectivity index (χ4n) is 3.83. The summed E-state index contributed by atoms with van der Waals surface area (Å²) in [4.78, 5) is 5.88. The van der Waals surface area contributed by atoms with Crippen LogP contribution in [0.15, 0.2) is 45.8 Å². The molecule has 0 amide bonds. The Bertz CT molecular complexity index is 1090. The summed E-state index contributed by atoms with van der Waals surface area (Å²) in [5, 5.41) is 10.4. The van der Waals surface area contributed by atoms with Gasteiger partial charge >= 0.3 is 0 Å². The highest BCUT2D eigenvalue weighted by Crippen LogP contribution is 2.44. The number of benzene rings is 1. The maximum atomic E-state index is 13.1. The molecular weight excluding hydrogens is 383 g/mol. The number of aliphatic imine (C=N–C) groups is 1. The van der Waals surface area contributed by atoms with Crippen molar-refractivity contribution in [1.82, 2.24) is 0 Å². The van der Waals surface area contributed by atoms with E-state index in [0.29, 0.717) is 23.0 Å². The highest BCUT2D eigenvalue weighted by molar-refractivity contribution is 7.16. The van der Waals surface area contributed by atoms with Gasteiger partial charge in [-0.25, -0.2) is 9.38 Å². The normalized spacial score (nSPS) is 16.7. The molecule has 148 valence electrons. The van der Waals surface area contributed by atoms with Crippen LogP contribution in [0.1, 0.15) is 49.0 Å². The van der Waals surface area contributed by atoms with Crippen molar-refractivity contribution in [2.45, 2.75) is 40.0 Å². The van der Waals surface area contributed by atoms with Crippen molar-refractivity contribution in [3.05, 3.63) is 64.0 Å². The van der Waals surface area contributed by atoms with Gasteiger partial charge in [0.1, 0.15) is 28.4 Å². The zero-order chi connectivity index (χ0) is 20.6. The third kappa shape index (κ3) is 4.04. The van der Waals surface area contributed by atoms with E-state index in [1.54, 1.807) is 29.7 Å². The lowest BCUT2D eigenvalue weighted by atomic mass is 9.72. The molecule has 0 bridgehead atoms. The third-order valence-electron chi connectivity index (χ3n) is 5.65. The van der Waals surface area contributed by atoms with Crippen molar-refractivity contribution in [2.75, 3.05) is 0 Å². The zero-order valence-electron chi connectivity index (χ0n) is 16.8. The van der Waals surface area contributed by atoms with Gasteiger partial charge in [0.05, 0.1) is 11.8 Å². The number of thiophene rings is 1. The summed E-state index contributed by atoms with van der Waals surface area (Å²) in [7, 11) is 0. The minimum Gasteiger partial charge on any atom is -0.455 e. The van der Waals surface area contributed by atoms with Crippen LogP contribution in [0.4, 0.5) is 9.39 Å². The van der Waals surface area contributed by atoms with E-state index in [-0.39, 0.29) is 11.2 Å². The van der Waals surface area contributed by atoms with Gasteiger partial charge in [0.2, 0.25) is 0 Å². The molecule has 1 aliphatic rings. The summed E-state index contributed by atoms with van der Waals surface area (Å²) in [6.07, 6.45) is 4.74. The Labute approximate surface area is 174 Å². The molecular formula is C24H23FN2OS. The molecule has 5 heteroatoms. The van der Waals surface area contributed by atoms with E-state index in [4.69, 9.17) is 4.42 Å². The smallest absolute Gasteiger partial charge is 0.145 e. The van der Waals surface area contributed by atoms with Crippen molar-refractivity contribution in [1.29, 1.82) is 5.26 Å². The van der Waals surface area contributed by atoms with Gasteiger partial charge in [0.15, 0.2) is 0 Å². The number of nitrogens with zero attached hydrogens (tertiary/aromatic N) is 2. The molecule has 1 aromatic carbocycles. The molecule has 3 nitrogen and oxygen atoms in total. The molecule has 0 saturated carbocycles. The first kappa shape index (κ1) is 19.6. The van der Waals surface area contributed by atoms with Gasteiger partial charge in [0, 0.05) is 10.4 Å². The average Bonchev–Trinajstić information content (AvgIpc) is 3.29. The number of nitriles is 1. The molecule has 1 aliphatic carbocycles. The van der Waals surface area contributed by atoms with Gasteiger partial charge in [0.25, 0.3) is 0 Å². The van der Waals surface area contributed by atoms with Crippen LogP contribution in [0.2, 0.25) is 0 Å². The van der Waals surface area contributed by atoms with Crippen LogP contribution in [0, 0.1) is 28.5 Å². The van der Waals surface area contributed by atoms with Crippen molar-refractivity contribution >= 4 is 22.6 Å². The lowest BCUT2D eigenvalue weighted by Gasteiger charge is -2.33. The van der Waals surface area contributed by atoms with Gasteiger partial charge in [-0.1, -0.05) is 20.8 Å². The Morgan fingerprint density at radius 1 is 1.21 bits per heavy atom. The van der Waals surface area contributed by atoms with Crippen LogP contribution in [0.3, 0.4) is 0 Å². The largest absolute Gasteiger partial charge is 0.455 e. The number of halogens is 1. The Balaban J connectivity index is 1.58. The number of fused-ring (bicyclic) bond motifs is 1. The van der Waals surface area contributed by atoms with E-state index in [9.17, 15) is 9.65 Å². The van der Waals surface area contributed by atoms with Crippen LogP contribution in [-0.4, -0.2) is 6.21 Å². The van der Waals surface area contributed by atoms with Crippen LogP contribution in [0.5, 0.6) is 0 Å². The van der Waals surface area contributed by atoms with Crippen LogP contribution < -0.4 is 0 Å². The fraction of sp³-hybridized carbons (Fsp3) is 0.333. The topological polar surface area (TPSA) is 49.3 Å². The SMILES string of the molecule is CC(C)(C)[C@@H]1CCc2c(sc(N=Cc3ccc(-c4ccc(F)cc4)o3)c2C#N)C1. The summed E-state index contributed by atoms with van der Waals surface area (Å²) >= 11 is 1.63. The number of hydrogen-bond donors (Lipinski definition) is 0. The maximum Gasteiger partial charge on any atom is 0.145 e. The number of hydrogen-bond acceptors (Lipinski definition) is 4. The molecule has 0 unspecified atom stereocenters. The third-order valence-corrected chi connectivity index (χ3v) is 6.81. The summed E-state index contributed by atoms with van der Waals surface area (Å²) in [6, 6.07) is 12.2. The van der Waals surface area contributed by atoms with Crippen molar-refractivity contribution in [2.24, 2.45) is 16.3 Å². The molecule has 0 aliphatic heterocycles. The number of furan rings is 1. The molecule has 3 aromatic rings. The summed E-state index contributed by atoms with van der Waals surface area (Å²) < 4.78 is 18.9. The number of rotatable bonds is 3. The molecule has 4 rings (SSSR count). The van der Waals surface area contributed by atoms with Gasteiger partial charge in [-0.05, 0) is 72.6 Å². The molecule has 2 heterocycles. The molecule has 0 spiro atoms. The quantitative estimate of drug-likeness (QED) is 0.443. The van der Waals surface area contributed by atoms with E-state index in [2.05, 4.69) is 31.8 Å². The second-order valence-electron chi connectivity index (χ2n) is 8.57. The monoisotopic (exact) mass is 406 g/mol. The Hall–Kier alpha value is -2.71. The maximum absolute atomic E-state index is 13.1. The minimum absolute atomic E-state index is 0.267. The predicted molar refractivity (Wildman–Crippen MR) is 115 cm³/mol. The van der Waals surface area contributed by atoms with Gasteiger partial charge < -0.3 is 4.42 Å². The summed E-state index contributed by atoms with van der Waals surface area (Å²) in [5.74, 6) is 1.61. The Morgan fingerprint density at radius 2 is 1.97 bits per heavy atom. The Morgan fingerprint density at radius 3 is 2.66 bits per heavy atom. The van der Waals surface area contributed by atoms with Gasteiger partial charge in [-0.15, -0.1) is 11.3 Å².